The van der Waals surface area contributed by atoms with Crippen LogP contribution in [-0.2, 0) is 13.2 Å². The van der Waals surface area contributed by atoms with Crippen molar-refractivity contribution >= 4 is 23.0 Å². The molecule has 1 aliphatic rings. The van der Waals surface area contributed by atoms with Gasteiger partial charge in [0.1, 0.15) is 12.4 Å². The van der Waals surface area contributed by atoms with Crippen LogP contribution in [0.5, 0.6) is 5.75 Å². The van der Waals surface area contributed by atoms with E-state index in [2.05, 4.69) is 59.6 Å². The van der Waals surface area contributed by atoms with Gasteiger partial charge in [0.15, 0.2) is 0 Å². The maximum Gasteiger partial charge on any atom is 0.124 e. The number of piperidine rings is 1. The molecule has 0 saturated carbocycles. The van der Waals surface area contributed by atoms with Crippen molar-refractivity contribution in [2.24, 2.45) is 0 Å². The Kier molecular flexibility index (Phi) is 6.81. The third kappa shape index (κ3) is 5.09. The molecule has 1 saturated heterocycles. The van der Waals surface area contributed by atoms with Crippen LogP contribution in [0.3, 0.4) is 0 Å². The predicted octanol–water partition coefficient (Wildman–Crippen LogP) is 6.83. The highest BCUT2D eigenvalue weighted by atomic mass is 35.5. The van der Waals surface area contributed by atoms with Crippen LogP contribution >= 0.6 is 11.6 Å². The Bertz CT molecular complexity index is 982. The van der Waals surface area contributed by atoms with Gasteiger partial charge in [-0.15, -0.1) is 0 Å². The van der Waals surface area contributed by atoms with E-state index in [1.807, 2.05) is 24.3 Å². The molecule has 3 aromatic carbocycles. The first-order valence-electron chi connectivity index (χ1n) is 10.7. The van der Waals surface area contributed by atoms with Crippen molar-refractivity contribution in [2.75, 3.05) is 23.3 Å². The van der Waals surface area contributed by atoms with Gasteiger partial charge < -0.3 is 15.0 Å². The van der Waals surface area contributed by atoms with Gasteiger partial charge >= 0.3 is 0 Å². The second-order valence-electron chi connectivity index (χ2n) is 7.89. The lowest BCUT2D eigenvalue weighted by Gasteiger charge is -2.29. The minimum Gasteiger partial charge on any atom is -0.489 e. The molecule has 3 nitrogen and oxygen atoms in total. The zero-order chi connectivity index (χ0) is 20.8. The predicted molar refractivity (Wildman–Crippen MR) is 127 cm³/mol. The summed E-state index contributed by atoms with van der Waals surface area (Å²) in [6.07, 6.45) is 3.81. The third-order valence-electron chi connectivity index (χ3n) is 5.74. The number of hydrogen-bond acceptors (Lipinski definition) is 3. The van der Waals surface area contributed by atoms with Gasteiger partial charge in [0.25, 0.3) is 0 Å². The molecule has 0 aromatic heterocycles. The largest absolute Gasteiger partial charge is 0.489 e. The number of anilines is 2. The lowest BCUT2D eigenvalue weighted by molar-refractivity contribution is 0.302. The van der Waals surface area contributed by atoms with Crippen molar-refractivity contribution in [1.82, 2.24) is 0 Å². The van der Waals surface area contributed by atoms with Gasteiger partial charge in [-0.25, -0.2) is 0 Å². The molecule has 0 aliphatic carbocycles. The third-order valence-corrected chi connectivity index (χ3v) is 6.05. The second kappa shape index (κ2) is 9.90. The quantitative estimate of drug-likeness (QED) is 0.453. The fourth-order valence-corrected chi connectivity index (χ4v) is 4.22. The molecule has 1 aliphatic heterocycles. The summed E-state index contributed by atoms with van der Waals surface area (Å²) in [6, 6.07) is 22.8. The summed E-state index contributed by atoms with van der Waals surface area (Å²) < 4.78 is 6.14. The van der Waals surface area contributed by atoms with Gasteiger partial charge in [-0.2, -0.15) is 0 Å². The number of halogens is 1. The molecule has 1 heterocycles. The Morgan fingerprint density at radius 3 is 2.40 bits per heavy atom. The highest BCUT2D eigenvalue weighted by molar-refractivity contribution is 6.33. The van der Waals surface area contributed by atoms with Crippen molar-refractivity contribution in [3.8, 4) is 5.75 Å². The lowest BCUT2D eigenvalue weighted by Crippen LogP contribution is -2.29. The molecule has 1 N–H and O–H groups in total. The normalized spacial score (nSPS) is 13.9. The molecule has 30 heavy (non-hydrogen) atoms. The Balaban J connectivity index is 1.40. The lowest BCUT2D eigenvalue weighted by atomic mass is 10.1. The molecule has 1 fully saturated rings. The maximum atomic E-state index is 6.60. The molecule has 3 aromatic rings. The molecule has 0 unspecified atom stereocenters. The number of para-hydroxylation sites is 1. The van der Waals surface area contributed by atoms with Gasteiger partial charge in [0.05, 0.1) is 10.7 Å². The first-order chi connectivity index (χ1) is 14.7. The van der Waals surface area contributed by atoms with Crippen molar-refractivity contribution in [3.05, 3.63) is 88.4 Å². The number of nitrogens with one attached hydrogen (secondary N) is 1. The number of aryl methyl sites for hydroxylation is 1. The summed E-state index contributed by atoms with van der Waals surface area (Å²) in [5.41, 5.74) is 5.75. The zero-order valence-corrected chi connectivity index (χ0v) is 18.3. The number of benzene rings is 3. The summed E-state index contributed by atoms with van der Waals surface area (Å²) >= 11 is 6.60. The molecule has 4 rings (SSSR count). The van der Waals surface area contributed by atoms with E-state index >= 15 is 0 Å². The molecule has 4 heteroatoms. The smallest absolute Gasteiger partial charge is 0.124 e. The number of ether oxygens (including phenoxy) is 1. The van der Waals surface area contributed by atoms with E-state index in [1.165, 1.54) is 30.4 Å². The van der Waals surface area contributed by atoms with Crippen LogP contribution in [0.2, 0.25) is 5.02 Å². The summed E-state index contributed by atoms with van der Waals surface area (Å²) in [5, 5.41) is 4.31. The average Bonchev–Trinajstić information content (AvgIpc) is 2.78. The monoisotopic (exact) mass is 420 g/mol. The van der Waals surface area contributed by atoms with Gasteiger partial charge in [0, 0.05) is 30.9 Å². The van der Waals surface area contributed by atoms with E-state index in [0.29, 0.717) is 13.2 Å². The molecular formula is C26H29ClN2O. The fourth-order valence-electron chi connectivity index (χ4n) is 3.92. The Morgan fingerprint density at radius 2 is 1.63 bits per heavy atom. The van der Waals surface area contributed by atoms with Gasteiger partial charge in [-0.05, 0) is 61.6 Å². The standard InChI is InChI=1S/C26H29ClN2O/c1-20-9-3-4-11-22(20)19-30-26-12-6-5-10-21(26)18-28-23-13-14-25(24(27)17-23)29-15-7-2-8-16-29/h3-6,9-14,17,28H,2,7-8,15-16,18-19H2,1H3. The number of rotatable bonds is 7. The van der Waals surface area contributed by atoms with Crippen molar-refractivity contribution < 1.29 is 4.74 Å². The van der Waals surface area contributed by atoms with Crippen LogP contribution in [0.1, 0.15) is 36.0 Å². The number of nitrogens with zero attached hydrogens (tertiary/aromatic N) is 1. The van der Waals surface area contributed by atoms with Crippen LogP contribution in [0.15, 0.2) is 66.7 Å². The highest BCUT2D eigenvalue weighted by Crippen LogP contribution is 2.31. The molecule has 0 spiro atoms. The van der Waals surface area contributed by atoms with Crippen LogP contribution in [-0.4, -0.2) is 13.1 Å². The molecule has 0 amide bonds. The average molecular weight is 421 g/mol. The zero-order valence-electron chi connectivity index (χ0n) is 17.5. The first kappa shape index (κ1) is 20.6. The maximum absolute atomic E-state index is 6.60. The SMILES string of the molecule is Cc1ccccc1COc1ccccc1CNc1ccc(N2CCCCC2)c(Cl)c1. The van der Waals surface area contributed by atoms with E-state index in [9.17, 15) is 0 Å². The van der Waals surface area contributed by atoms with E-state index < -0.39 is 0 Å². The molecule has 0 bridgehead atoms. The summed E-state index contributed by atoms with van der Waals surface area (Å²) in [6.45, 7) is 5.56. The van der Waals surface area contributed by atoms with Crippen LogP contribution in [0, 0.1) is 6.92 Å². The van der Waals surface area contributed by atoms with E-state index in [-0.39, 0.29) is 0 Å². The minimum atomic E-state index is 0.569. The molecule has 0 radical (unpaired) electrons. The van der Waals surface area contributed by atoms with Gasteiger partial charge in [-0.3, -0.25) is 0 Å². The van der Waals surface area contributed by atoms with E-state index in [0.717, 1.165) is 40.8 Å². The summed E-state index contributed by atoms with van der Waals surface area (Å²) in [5.74, 6) is 0.907. The number of hydrogen-bond donors (Lipinski definition) is 1. The highest BCUT2D eigenvalue weighted by Gasteiger charge is 2.14. The van der Waals surface area contributed by atoms with Crippen LogP contribution in [0.25, 0.3) is 0 Å². The molecular weight excluding hydrogens is 392 g/mol. The van der Waals surface area contributed by atoms with Crippen molar-refractivity contribution in [2.45, 2.75) is 39.3 Å². The van der Waals surface area contributed by atoms with Gasteiger partial charge in [0.2, 0.25) is 0 Å². The van der Waals surface area contributed by atoms with E-state index in [1.54, 1.807) is 0 Å². The van der Waals surface area contributed by atoms with Crippen molar-refractivity contribution in [3.63, 3.8) is 0 Å². The second-order valence-corrected chi connectivity index (χ2v) is 8.30. The topological polar surface area (TPSA) is 24.5 Å². The Hall–Kier alpha value is -2.65. The first-order valence-corrected chi connectivity index (χ1v) is 11.1. The van der Waals surface area contributed by atoms with Gasteiger partial charge in [-0.1, -0.05) is 54.1 Å². The molecule has 0 atom stereocenters. The summed E-state index contributed by atoms with van der Waals surface area (Å²) in [7, 11) is 0. The van der Waals surface area contributed by atoms with Crippen LogP contribution in [0.4, 0.5) is 11.4 Å². The van der Waals surface area contributed by atoms with Crippen molar-refractivity contribution in [1.29, 1.82) is 0 Å². The van der Waals surface area contributed by atoms with E-state index in [4.69, 9.17) is 16.3 Å². The summed E-state index contributed by atoms with van der Waals surface area (Å²) in [4.78, 5) is 2.39. The fraction of sp³-hybridized carbons (Fsp3) is 0.308. The van der Waals surface area contributed by atoms with Crippen LogP contribution < -0.4 is 15.0 Å². The minimum absolute atomic E-state index is 0.569. The molecule has 156 valence electrons. The Labute approximate surface area is 184 Å². The Morgan fingerprint density at radius 1 is 0.900 bits per heavy atom.